The molecule has 0 aliphatic carbocycles. The number of amides is 2. The first-order valence-electron chi connectivity index (χ1n) is 11.2. The molecule has 0 aromatic heterocycles. The van der Waals surface area contributed by atoms with Gasteiger partial charge in [-0.05, 0) is 49.7 Å². The standard InChI is InChI=1S/C23H35N5O2/c1-2-25-23(28-13-6-7-18(16-28)15-21(24)29)26-12-5-10-22(30)27-14-11-19-8-3-4-9-20(19)17-27/h3-4,8-9,18H,2,5-7,10-17H2,1H3,(H2,24,29)(H,25,26). The molecule has 1 saturated heterocycles. The summed E-state index contributed by atoms with van der Waals surface area (Å²) < 4.78 is 0. The molecule has 7 heteroatoms. The highest BCUT2D eigenvalue weighted by Gasteiger charge is 2.24. The van der Waals surface area contributed by atoms with Crippen LogP contribution in [0.4, 0.5) is 0 Å². The number of hydrogen-bond donors (Lipinski definition) is 2. The molecule has 1 fully saturated rings. The predicted molar refractivity (Wildman–Crippen MR) is 119 cm³/mol. The molecule has 0 bridgehead atoms. The van der Waals surface area contributed by atoms with Crippen LogP contribution >= 0.6 is 0 Å². The first-order chi connectivity index (χ1) is 14.6. The number of rotatable bonds is 7. The largest absolute Gasteiger partial charge is 0.370 e. The van der Waals surface area contributed by atoms with E-state index in [1.54, 1.807) is 0 Å². The van der Waals surface area contributed by atoms with Gasteiger partial charge in [-0.2, -0.15) is 0 Å². The zero-order chi connectivity index (χ0) is 21.3. The van der Waals surface area contributed by atoms with E-state index < -0.39 is 0 Å². The Balaban J connectivity index is 1.47. The van der Waals surface area contributed by atoms with Crippen LogP contribution in [0.15, 0.2) is 29.3 Å². The van der Waals surface area contributed by atoms with Crippen LogP contribution in [0.3, 0.4) is 0 Å². The third kappa shape index (κ3) is 6.21. The summed E-state index contributed by atoms with van der Waals surface area (Å²) in [5.74, 6) is 1.15. The van der Waals surface area contributed by atoms with Crippen LogP contribution in [-0.2, 0) is 22.6 Å². The Morgan fingerprint density at radius 1 is 1.20 bits per heavy atom. The second-order valence-electron chi connectivity index (χ2n) is 8.30. The van der Waals surface area contributed by atoms with E-state index in [1.807, 2.05) is 11.0 Å². The molecule has 1 aromatic rings. The van der Waals surface area contributed by atoms with Gasteiger partial charge in [0.2, 0.25) is 11.8 Å². The van der Waals surface area contributed by atoms with Gasteiger partial charge < -0.3 is 20.9 Å². The van der Waals surface area contributed by atoms with Crippen LogP contribution in [0.5, 0.6) is 0 Å². The van der Waals surface area contributed by atoms with Crippen molar-refractivity contribution in [3.8, 4) is 0 Å². The van der Waals surface area contributed by atoms with Crippen LogP contribution in [0.2, 0.25) is 0 Å². The van der Waals surface area contributed by atoms with Gasteiger partial charge in [-0.25, -0.2) is 0 Å². The Morgan fingerprint density at radius 2 is 2.00 bits per heavy atom. The van der Waals surface area contributed by atoms with E-state index >= 15 is 0 Å². The van der Waals surface area contributed by atoms with Gasteiger partial charge in [-0.15, -0.1) is 0 Å². The molecule has 1 aromatic carbocycles. The maximum absolute atomic E-state index is 12.6. The van der Waals surface area contributed by atoms with E-state index in [0.29, 0.717) is 25.3 Å². The number of hydrogen-bond acceptors (Lipinski definition) is 3. The average molecular weight is 414 g/mol. The lowest BCUT2D eigenvalue weighted by Gasteiger charge is -2.34. The van der Waals surface area contributed by atoms with Gasteiger partial charge in [0.25, 0.3) is 0 Å². The Labute approximate surface area is 179 Å². The van der Waals surface area contributed by atoms with Crippen molar-refractivity contribution in [1.29, 1.82) is 0 Å². The molecule has 0 spiro atoms. The highest BCUT2D eigenvalue weighted by Crippen LogP contribution is 2.20. The van der Waals surface area contributed by atoms with Crippen LogP contribution < -0.4 is 11.1 Å². The van der Waals surface area contributed by atoms with Crippen LogP contribution in [0.25, 0.3) is 0 Å². The minimum absolute atomic E-state index is 0.212. The fraction of sp³-hybridized carbons (Fsp3) is 0.609. The van der Waals surface area contributed by atoms with Gasteiger partial charge in [0.1, 0.15) is 0 Å². The van der Waals surface area contributed by atoms with E-state index in [9.17, 15) is 9.59 Å². The van der Waals surface area contributed by atoms with E-state index in [0.717, 1.165) is 64.4 Å². The number of nitrogens with one attached hydrogen (secondary N) is 1. The lowest BCUT2D eigenvalue weighted by molar-refractivity contribution is -0.132. The number of likely N-dealkylation sites (tertiary alicyclic amines) is 1. The number of carbonyl (C=O) groups excluding carboxylic acids is 2. The Hall–Kier alpha value is -2.57. The molecule has 1 atom stereocenters. The van der Waals surface area contributed by atoms with Crippen molar-refractivity contribution in [3.63, 3.8) is 0 Å². The molecule has 3 rings (SSSR count). The average Bonchev–Trinajstić information content (AvgIpc) is 2.75. The lowest BCUT2D eigenvalue weighted by Crippen LogP contribution is -2.47. The summed E-state index contributed by atoms with van der Waals surface area (Å²) in [6, 6.07) is 8.38. The summed E-state index contributed by atoms with van der Waals surface area (Å²) in [6.45, 7) is 6.73. The van der Waals surface area contributed by atoms with Crippen molar-refractivity contribution < 1.29 is 9.59 Å². The number of aliphatic imine (C=N–C) groups is 1. The summed E-state index contributed by atoms with van der Waals surface area (Å²) in [4.78, 5) is 32.8. The summed E-state index contributed by atoms with van der Waals surface area (Å²) in [6.07, 6.45) is 4.71. The van der Waals surface area contributed by atoms with Crippen molar-refractivity contribution in [2.24, 2.45) is 16.6 Å². The molecule has 2 heterocycles. The molecule has 164 valence electrons. The van der Waals surface area contributed by atoms with Crippen LogP contribution in [0, 0.1) is 5.92 Å². The van der Waals surface area contributed by atoms with Crippen molar-refractivity contribution in [1.82, 2.24) is 15.1 Å². The summed E-state index contributed by atoms with van der Waals surface area (Å²) in [5.41, 5.74) is 8.00. The SMILES string of the molecule is CCNC(=NCCCC(=O)N1CCc2ccccc2C1)N1CCCC(CC(N)=O)C1. The number of nitrogens with zero attached hydrogens (tertiary/aromatic N) is 3. The summed E-state index contributed by atoms with van der Waals surface area (Å²) in [5, 5.41) is 3.35. The Kier molecular flexibility index (Phi) is 8.11. The Morgan fingerprint density at radius 3 is 2.77 bits per heavy atom. The molecule has 7 nitrogen and oxygen atoms in total. The second kappa shape index (κ2) is 11.0. The fourth-order valence-corrected chi connectivity index (χ4v) is 4.42. The highest BCUT2D eigenvalue weighted by molar-refractivity contribution is 5.80. The minimum atomic E-state index is -0.234. The zero-order valence-electron chi connectivity index (χ0n) is 18.1. The van der Waals surface area contributed by atoms with E-state index in [4.69, 9.17) is 10.7 Å². The van der Waals surface area contributed by atoms with Crippen LogP contribution in [0.1, 0.15) is 50.2 Å². The first kappa shape index (κ1) is 22.1. The molecule has 0 radical (unpaired) electrons. The monoisotopic (exact) mass is 413 g/mol. The number of fused-ring (bicyclic) bond motifs is 1. The van der Waals surface area contributed by atoms with Crippen molar-refractivity contribution in [2.75, 3.05) is 32.7 Å². The second-order valence-corrected chi connectivity index (χ2v) is 8.30. The van der Waals surface area contributed by atoms with Gasteiger partial charge in [0, 0.05) is 52.1 Å². The minimum Gasteiger partial charge on any atom is -0.370 e. The maximum Gasteiger partial charge on any atom is 0.222 e. The van der Waals surface area contributed by atoms with E-state index in [1.165, 1.54) is 11.1 Å². The third-order valence-electron chi connectivity index (χ3n) is 5.94. The molecule has 30 heavy (non-hydrogen) atoms. The zero-order valence-corrected chi connectivity index (χ0v) is 18.1. The van der Waals surface area contributed by atoms with Gasteiger partial charge >= 0.3 is 0 Å². The van der Waals surface area contributed by atoms with Crippen molar-refractivity contribution in [2.45, 2.75) is 52.0 Å². The highest BCUT2D eigenvalue weighted by atomic mass is 16.2. The van der Waals surface area contributed by atoms with Gasteiger partial charge in [0.05, 0.1) is 0 Å². The maximum atomic E-state index is 12.6. The smallest absolute Gasteiger partial charge is 0.222 e. The topological polar surface area (TPSA) is 91.0 Å². The molecule has 3 N–H and O–H groups in total. The normalized spacial score (nSPS) is 19.4. The fourth-order valence-electron chi connectivity index (χ4n) is 4.42. The molecular weight excluding hydrogens is 378 g/mol. The number of piperidine rings is 1. The first-order valence-corrected chi connectivity index (χ1v) is 11.2. The number of guanidine groups is 1. The van der Waals surface area contributed by atoms with E-state index in [-0.39, 0.29) is 11.8 Å². The van der Waals surface area contributed by atoms with Gasteiger partial charge in [-0.3, -0.25) is 14.6 Å². The number of carbonyl (C=O) groups is 2. The number of nitrogens with two attached hydrogens (primary N) is 1. The van der Waals surface area contributed by atoms with Gasteiger partial charge in [-0.1, -0.05) is 24.3 Å². The molecule has 2 aliphatic heterocycles. The lowest BCUT2D eigenvalue weighted by atomic mass is 9.95. The predicted octanol–water partition coefficient (Wildman–Crippen LogP) is 1.90. The Bertz CT molecular complexity index is 764. The summed E-state index contributed by atoms with van der Waals surface area (Å²) in [7, 11) is 0. The van der Waals surface area contributed by atoms with Crippen molar-refractivity contribution >= 4 is 17.8 Å². The molecule has 2 amide bonds. The number of primary amides is 1. The van der Waals surface area contributed by atoms with E-state index in [2.05, 4.69) is 35.3 Å². The summed E-state index contributed by atoms with van der Waals surface area (Å²) >= 11 is 0. The molecule has 2 aliphatic rings. The molecular formula is C23H35N5O2. The van der Waals surface area contributed by atoms with Crippen molar-refractivity contribution in [3.05, 3.63) is 35.4 Å². The quantitative estimate of drug-likeness (QED) is 0.406. The van der Waals surface area contributed by atoms with Crippen LogP contribution in [-0.4, -0.2) is 60.3 Å². The molecule has 1 unspecified atom stereocenters. The number of benzene rings is 1. The van der Waals surface area contributed by atoms with Gasteiger partial charge in [0.15, 0.2) is 5.96 Å². The molecule has 0 saturated carbocycles. The third-order valence-corrected chi connectivity index (χ3v) is 5.94.